The molecular weight excluding hydrogens is 290 g/mol. The van der Waals surface area contributed by atoms with E-state index in [2.05, 4.69) is 55.9 Å². The molecule has 2 aliphatic carbocycles. The minimum absolute atomic E-state index is 0.0664. The van der Waals surface area contributed by atoms with E-state index in [1.807, 2.05) is 0 Å². The lowest BCUT2D eigenvalue weighted by molar-refractivity contribution is -0.122. The van der Waals surface area contributed by atoms with E-state index < -0.39 is 0 Å². The van der Waals surface area contributed by atoms with Gasteiger partial charge in [0.15, 0.2) is 0 Å². The van der Waals surface area contributed by atoms with Crippen molar-refractivity contribution in [1.29, 1.82) is 0 Å². The van der Waals surface area contributed by atoms with Crippen molar-refractivity contribution in [2.45, 2.75) is 64.8 Å². The van der Waals surface area contributed by atoms with Gasteiger partial charge in [0.2, 0.25) is 5.91 Å². The fourth-order valence-corrected chi connectivity index (χ4v) is 4.11. The molecule has 0 aromatic carbocycles. The molecule has 0 aromatic rings. The number of rotatable bonds is 3. The van der Waals surface area contributed by atoms with Gasteiger partial charge in [-0.15, -0.1) is 0 Å². The molecular formula is C15H26BrNO. The molecule has 0 aliphatic heterocycles. The van der Waals surface area contributed by atoms with Crippen molar-refractivity contribution in [1.82, 2.24) is 5.32 Å². The van der Waals surface area contributed by atoms with Crippen LogP contribution in [0.1, 0.15) is 53.9 Å². The Bertz CT molecular complexity index is 352. The zero-order chi connectivity index (χ0) is 13.7. The van der Waals surface area contributed by atoms with E-state index in [1.165, 1.54) is 12.8 Å². The van der Waals surface area contributed by atoms with E-state index in [4.69, 9.17) is 0 Å². The fourth-order valence-electron chi connectivity index (χ4n) is 3.98. The highest BCUT2D eigenvalue weighted by Gasteiger charge is 2.61. The highest BCUT2D eigenvalue weighted by molar-refractivity contribution is 9.10. The maximum atomic E-state index is 12.2. The number of hydrogen-bond acceptors (Lipinski definition) is 1. The number of carbonyl (C=O) groups is 1. The molecule has 0 saturated heterocycles. The van der Waals surface area contributed by atoms with Crippen LogP contribution in [0.4, 0.5) is 0 Å². The van der Waals surface area contributed by atoms with E-state index >= 15 is 0 Å². The molecule has 18 heavy (non-hydrogen) atoms. The number of fused-ring (bicyclic) bond motifs is 2. The first-order valence-corrected chi connectivity index (χ1v) is 8.06. The minimum Gasteiger partial charge on any atom is -0.352 e. The summed E-state index contributed by atoms with van der Waals surface area (Å²) in [6, 6.07) is 0.359. The van der Waals surface area contributed by atoms with E-state index in [1.54, 1.807) is 0 Å². The predicted molar refractivity (Wildman–Crippen MR) is 78.7 cm³/mol. The zero-order valence-corrected chi connectivity index (χ0v) is 13.8. The van der Waals surface area contributed by atoms with Crippen LogP contribution in [0.25, 0.3) is 0 Å². The highest BCUT2D eigenvalue weighted by atomic mass is 79.9. The molecule has 0 spiro atoms. The van der Waals surface area contributed by atoms with E-state index in [9.17, 15) is 4.79 Å². The Morgan fingerprint density at radius 2 is 1.94 bits per heavy atom. The van der Waals surface area contributed by atoms with Gasteiger partial charge in [-0.1, -0.05) is 50.5 Å². The molecule has 2 fully saturated rings. The van der Waals surface area contributed by atoms with Crippen LogP contribution < -0.4 is 5.32 Å². The molecule has 2 aliphatic rings. The molecule has 1 N–H and O–H groups in total. The van der Waals surface area contributed by atoms with Gasteiger partial charge in [0.25, 0.3) is 0 Å². The molecule has 2 rings (SSSR count). The minimum atomic E-state index is -0.0664. The van der Waals surface area contributed by atoms with Gasteiger partial charge < -0.3 is 5.32 Å². The third kappa shape index (κ3) is 1.93. The maximum absolute atomic E-state index is 12.2. The summed E-state index contributed by atoms with van der Waals surface area (Å²) in [4.78, 5) is 12.1. The van der Waals surface area contributed by atoms with Crippen molar-refractivity contribution >= 4 is 21.8 Å². The number of carbonyl (C=O) groups excluding carboxylic acids is 1. The summed E-state index contributed by atoms with van der Waals surface area (Å²) in [5.41, 5.74) is 0.640. The second kappa shape index (κ2) is 4.50. The Morgan fingerprint density at radius 1 is 1.33 bits per heavy atom. The van der Waals surface area contributed by atoms with Crippen LogP contribution in [-0.4, -0.2) is 16.8 Å². The lowest BCUT2D eigenvalue weighted by atomic mass is 9.69. The molecule has 4 unspecified atom stereocenters. The first-order valence-electron chi connectivity index (χ1n) is 7.14. The first kappa shape index (κ1) is 14.4. The fraction of sp³-hybridized carbons (Fsp3) is 0.933. The Kier molecular flexibility index (Phi) is 3.59. The summed E-state index contributed by atoms with van der Waals surface area (Å²) in [7, 11) is 0. The number of halogens is 1. The molecule has 0 aromatic heterocycles. The molecule has 0 heterocycles. The smallest absolute Gasteiger partial charge is 0.234 e. The normalized spacial score (nSPS) is 39.1. The zero-order valence-electron chi connectivity index (χ0n) is 12.2. The van der Waals surface area contributed by atoms with Crippen molar-refractivity contribution in [3.05, 3.63) is 0 Å². The van der Waals surface area contributed by atoms with Gasteiger partial charge in [-0.3, -0.25) is 4.79 Å². The predicted octanol–water partition coefficient (Wildman–Crippen LogP) is 3.74. The van der Waals surface area contributed by atoms with Gasteiger partial charge >= 0.3 is 0 Å². The quantitative estimate of drug-likeness (QED) is 0.790. The largest absolute Gasteiger partial charge is 0.352 e. The summed E-state index contributed by atoms with van der Waals surface area (Å²) in [5, 5.41) is 3.30. The maximum Gasteiger partial charge on any atom is 0.234 e. The third-order valence-electron chi connectivity index (χ3n) is 5.95. The van der Waals surface area contributed by atoms with Gasteiger partial charge in [-0.25, -0.2) is 0 Å². The Labute approximate surface area is 119 Å². The van der Waals surface area contributed by atoms with Crippen LogP contribution >= 0.6 is 15.9 Å². The summed E-state index contributed by atoms with van der Waals surface area (Å²) >= 11 is 3.50. The van der Waals surface area contributed by atoms with E-state index in [0.29, 0.717) is 17.4 Å². The van der Waals surface area contributed by atoms with Crippen LogP contribution in [0.3, 0.4) is 0 Å². The Morgan fingerprint density at radius 3 is 2.33 bits per heavy atom. The van der Waals surface area contributed by atoms with Gasteiger partial charge in [-0.05, 0) is 41.9 Å². The molecule has 1 amide bonds. The monoisotopic (exact) mass is 315 g/mol. The van der Waals surface area contributed by atoms with Crippen molar-refractivity contribution in [2.75, 3.05) is 0 Å². The molecule has 2 nitrogen and oxygen atoms in total. The summed E-state index contributed by atoms with van der Waals surface area (Å²) < 4.78 is 0. The Hall–Kier alpha value is -0.0500. The second-order valence-corrected chi connectivity index (χ2v) is 8.30. The van der Waals surface area contributed by atoms with Crippen LogP contribution in [0.15, 0.2) is 0 Å². The Balaban J connectivity index is 2.07. The molecule has 4 atom stereocenters. The van der Waals surface area contributed by atoms with E-state index in [0.717, 1.165) is 12.3 Å². The van der Waals surface area contributed by atoms with Crippen molar-refractivity contribution in [3.8, 4) is 0 Å². The first-order chi connectivity index (χ1) is 8.20. The van der Waals surface area contributed by atoms with Crippen LogP contribution in [-0.2, 0) is 4.79 Å². The molecule has 2 saturated carbocycles. The SMILES string of the molecule is CC(C)C(Br)C(=O)NC1CC2CCC1(C)C2(C)C. The number of amides is 1. The number of alkyl halides is 1. The van der Waals surface area contributed by atoms with Crippen LogP contribution in [0.2, 0.25) is 0 Å². The third-order valence-corrected chi connectivity index (χ3v) is 7.42. The summed E-state index contributed by atoms with van der Waals surface area (Å²) in [6.45, 7) is 11.3. The standard InChI is InChI=1S/C15H26BrNO/c1-9(2)12(16)13(18)17-11-8-10-6-7-15(11,5)14(10,3)4/h9-12H,6-8H2,1-5H3,(H,17,18). The topological polar surface area (TPSA) is 29.1 Å². The van der Waals surface area contributed by atoms with Gasteiger partial charge in [-0.2, -0.15) is 0 Å². The number of hydrogen-bond donors (Lipinski definition) is 1. The van der Waals surface area contributed by atoms with Crippen LogP contribution in [0, 0.1) is 22.7 Å². The van der Waals surface area contributed by atoms with Gasteiger partial charge in [0.05, 0.1) is 4.83 Å². The van der Waals surface area contributed by atoms with Crippen molar-refractivity contribution in [3.63, 3.8) is 0 Å². The lowest BCUT2D eigenvalue weighted by Crippen LogP contribution is -2.49. The molecule has 2 bridgehead atoms. The molecule has 104 valence electrons. The van der Waals surface area contributed by atoms with Gasteiger partial charge in [0.1, 0.15) is 0 Å². The molecule has 3 heteroatoms. The summed E-state index contributed by atoms with van der Waals surface area (Å²) in [5.74, 6) is 1.28. The van der Waals surface area contributed by atoms with E-state index in [-0.39, 0.29) is 16.1 Å². The summed E-state index contributed by atoms with van der Waals surface area (Å²) in [6.07, 6.45) is 3.75. The molecule has 0 radical (unpaired) electrons. The average Bonchev–Trinajstić information content (AvgIpc) is 2.60. The van der Waals surface area contributed by atoms with Crippen molar-refractivity contribution in [2.24, 2.45) is 22.7 Å². The van der Waals surface area contributed by atoms with Crippen LogP contribution in [0.5, 0.6) is 0 Å². The lowest BCUT2D eigenvalue weighted by Gasteiger charge is -2.39. The second-order valence-electron chi connectivity index (χ2n) is 7.32. The van der Waals surface area contributed by atoms with Crippen molar-refractivity contribution < 1.29 is 4.79 Å². The van der Waals surface area contributed by atoms with Gasteiger partial charge in [0, 0.05) is 6.04 Å². The number of nitrogens with one attached hydrogen (secondary N) is 1. The highest BCUT2D eigenvalue weighted by Crippen LogP contribution is 2.65. The average molecular weight is 316 g/mol.